The smallest absolute Gasteiger partial charge is 0.161 e. The molecule has 1 aromatic rings. The molecular formula is C16H23NO3. The van der Waals surface area contributed by atoms with Gasteiger partial charge in [0.25, 0.3) is 0 Å². The van der Waals surface area contributed by atoms with Crippen LogP contribution in [0.2, 0.25) is 0 Å². The van der Waals surface area contributed by atoms with Crippen molar-refractivity contribution >= 4 is 6.29 Å². The molecule has 0 amide bonds. The number of aldehydes is 1. The van der Waals surface area contributed by atoms with Gasteiger partial charge in [0.1, 0.15) is 12.9 Å². The van der Waals surface area contributed by atoms with Crippen LogP contribution in [0.15, 0.2) is 18.2 Å². The van der Waals surface area contributed by atoms with Crippen molar-refractivity contribution in [3.05, 3.63) is 23.8 Å². The lowest BCUT2D eigenvalue weighted by molar-refractivity contribution is 0.112. The van der Waals surface area contributed by atoms with Crippen LogP contribution < -0.4 is 9.47 Å². The first kappa shape index (κ1) is 14.9. The number of benzene rings is 1. The van der Waals surface area contributed by atoms with E-state index in [-0.39, 0.29) is 0 Å². The molecule has 20 heavy (non-hydrogen) atoms. The number of carbonyl (C=O) groups is 1. The lowest BCUT2D eigenvalue weighted by atomic mass is 10.2. The molecule has 0 spiro atoms. The van der Waals surface area contributed by atoms with Gasteiger partial charge in [-0.05, 0) is 44.1 Å². The van der Waals surface area contributed by atoms with E-state index in [0.717, 1.165) is 12.8 Å². The van der Waals surface area contributed by atoms with Crippen molar-refractivity contribution in [1.82, 2.24) is 4.90 Å². The summed E-state index contributed by atoms with van der Waals surface area (Å²) in [5.74, 6) is 1.32. The second kappa shape index (κ2) is 7.90. The zero-order chi connectivity index (χ0) is 14.2. The van der Waals surface area contributed by atoms with Crippen LogP contribution in [-0.4, -0.2) is 44.5 Å². The molecule has 0 saturated carbocycles. The summed E-state index contributed by atoms with van der Waals surface area (Å²) in [5, 5.41) is 0. The zero-order valence-electron chi connectivity index (χ0n) is 12.1. The molecule has 2 rings (SSSR count). The Kier molecular flexibility index (Phi) is 5.87. The highest BCUT2D eigenvalue weighted by Gasteiger charge is 2.10. The zero-order valence-corrected chi connectivity index (χ0v) is 12.1. The summed E-state index contributed by atoms with van der Waals surface area (Å²) in [6.45, 7) is 3.94. The molecule has 0 aliphatic carbocycles. The monoisotopic (exact) mass is 277 g/mol. The molecule has 1 aromatic carbocycles. The Morgan fingerprint density at radius 3 is 2.55 bits per heavy atom. The number of rotatable bonds is 6. The molecule has 1 saturated heterocycles. The van der Waals surface area contributed by atoms with E-state index in [2.05, 4.69) is 4.90 Å². The van der Waals surface area contributed by atoms with Gasteiger partial charge in [0, 0.05) is 12.1 Å². The van der Waals surface area contributed by atoms with Crippen LogP contribution in [0, 0.1) is 0 Å². The van der Waals surface area contributed by atoms with Crippen molar-refractivity contribution in [2.24, 2.45) is 0 Å². The predicted molar refractivity (Wildman–Crippen MR) is 78.8 cm³/mol. The molecule has 1 fully saturated rings. The van der Waals surface area contributed by atoms with Gasteiger partial charge in [-0.2, -0.15) is 0 Å². The number of hydrogen-bond acceptors (Lipinski definition) is 4. The van der Waals surface area contributed by atoms with Crippen molar-refractivity contribution in [3.63, 3.8) is 0 Å². The summed E-state index contributed by atoms with van der Waals surface area (Å²) < 4.78 is 11.0. The van der Waals surface area contributed by atoms with E-state index < -0.39 is 0 Å². The minimum atomic E-state index is 0.599. The second-order valence-electron chi connectivity index (χ2n) is 5.13. The second-order valence-corrected chi connectivity index (χ2v) is 5.13. The van der Waals surface area contributed by atoms with Crippen LogP contribution >= 0.6 is 0 Å². The van der Waals surface area contributed by atoms with Crippen LogP contribution in [0.25, 0.3) is 0 Å². The molecule has 0 aromatic heterocycles. The number of methoxy groups -OCH3 is 1. The Balaban J connectivity index is 1.85. The normalized spacial score (nSPS) is 16.4. The van der Waals surface area contributed by atoms with Crippen LogP contribution in [0.1, 0.15) is 36.0 Å². The largest absolute Gasteiger partial charge is 0.493 e. The van der Waals surface area contributed by atoms with E-state index in [1.807, 2.05) is 0 Å². The van der Waals surface area contributed by atoms with Crippen molar-refractivity contribution in [2.75, 3.05) is 33.4 Å². The predicted octanol–water partition coefficient (Wildman–Crippen LogP) is 2.76. The Morgan fingerprint density at radius 2 is 1.90 bits per heavy atom. The SMILES string of the molecule is COc1cc(C=O)ccc1OCCN1CCCCCC1. The van der Waals surface area contributed by atoms with E-state index in [9.17, 15) is 4.79 Å². The minimum Gasteiger partial charge on any atom is -0.493 e. The van der Waals surface area contributed by atoms with Crippen LogP contribution in [0.5, 0.6) is 11.5 Å². The summed E-state index contributed by atoms with van der Waals surface area (Å²) in [6, 6.07) is 5.25. The molecule has 0 bridgehead atoms. The highest BCUT2D eigenvalue weighted by Crippen LogP contribution is 2.27. The highest BCUT2D eigenvalue weighted by molar-refractivity contribution is 5.76. The number of carbonyl (C=O) groups excluding carboxylic acids is 1. The highest BCUT2D eigenvalue weighted by atomic mass is 16.5. The average molecular weight is 277 g/mol. The lowest BCUT2D eigenvalue weighted by Crippen LogP contribution is -2.29. The molecule has 1 aliphatic heterocycles. The van der Waals surface area contributed by atoms with Gasteiger partial charge in [0.2, 0.25) is 0 Å². The number of nitrogens with zero attached hydrogens (tertiary/aromatic N) is 1. The van der Waals surface area contributed by atoms with E-state index in [0.29, 0.717) is 23.7 Å². The fourth-order valence-corrected chi connectivity index (χ4v) is 2.52. The Bertz CT molecular complexity index is 426. The first-order valence-electron chi connectivity index (χ1n) is 7.32. The Labute approximate surface area is 120 Å². The summed E-state index contributed by atoms with van der Waals surface area (Å²) in [6.07, 6.45) is 6.08. The van der Waals surface area contributed by atoms with Gasteiger partial charge >= 0.3 is 0 Å². The van der Waals surface area contributed by atoms with E-state index in [1.165, 1.54) is 38.8 Å². The summed E-state index contributed by atoms with van der Waals surface area (Å²) in [7, 11) is 1.59. The summed E-state index contributed by atoms with van der Waals surface area (Å²) in [4.78, 5) is 13.2. The summed E-state index contributed by atoms with van der Waals surface area (Å²) >= 11 is 0. The number of likely N-dealkylation sites (tertiary alicyclic amines) is 1. The molecule has 0 N–H and O–H groups in total. The molecule has 4 nitrogen and oxygen atoms in total. The van der Waals surface area contributed by atoms with Crippen molar-refractivity contribution in [2.45, 2.75) is 25.7 Å². The van der Waals surface area contributed by atoms with Crippen molar-refractivity contribution < 1.29 is 14.3 Å². The molecular weight excluding hydrogens is 254 g/mol. The van der Waals surface area contributed by atoms with Gasteiger partial charge in [-0.25, -0.2) is 0 Å². The first-order valence-corrected chi connectivity index (χ1v) is 7.32. The Hall–Kier alpha value is -1.55. The third-order valence-corrected chi connectivity index (χ3v) is 3.69. The maximum absolute atomic E-state index is 10.7. The van der Waals surface area contributed by atoms with Gasteiger partial charge in [0.05, 0.1) is 7.11 Å². The Morgan fingerprint density at radius 1 is 1.15 bits per heavy atom. The third kappa shape index (κ3) is 4.23. The molecule has 1 heterocycles. The lowest BCUT2D eigenvalue weighted by Gasteiger charge is -2.20. The van der Waals surface area contributed by atoms with Crippen molar-refractivity contribution in [1.29, 1.82) is 0 Å². The van der Waals surface area contributed by atoms with E-state index >= 15 is 0 Å². The first-order chi connectivity index (χ1) is 9.83. The average Bonchev–Trinajstić information content (AvgIpc) is 2.76. The van der Waals surface area contributed by atoms with Gasteiger partial charge in [-0.3, -0.25) is 9.69 Å². The topological polar surface area (TPSA) is 38.8 Å². The van der Waals surface area contributed by atoms with Crippen LogP contribution in [0.4, 0.5) is 0 Å². The van der Waals surface area contributed by atoms with Gasteiger partial charge < -0.3 is 9.47 Å². The van der Waals surface area contributed by atoms with Gasteiger partial charge in [0.15, 0.2) is 11.5 Å². The molecule has 110 valence electrons. The fraction of sp³-hybridized carbons (Fsp3) is 0.562. The molecule has 0 radical (unpaired) electrons. The molecule has 1 aliphatic rings. The van der Waals surface area contributed by atoms with E-state index in [1.54, 1.807) is 25.3 Å². The number of hydrogen-bond donors (Lipinski definition) is 0. The van der Waals surface area contributed by atoms with Gasteiger partial charge in [-0.15, -0.1) is 0 Å². The van der Waals surface area contributed by atoms with Crippen LogP contribution in [0.3, 0.4) is 0 Å². The van der Waals surface area contributed by atoms with Gasteiger partial charge in [-0.1, -0.05) is 12.8 Å². The van der Waals surface area contributed by atoms with Crippen molar-refractivity contribution in [3.8, 4) is 11.5 Å². The summed E-state index contributed by atoms with van der Waals surface area (Å²) in [5.41, 5.74) is 0.599. The maximum atomic E-state index is 10.7. The van der Waals surface area contributed by atoms with Crippen LogP contribution in [-0.2, 0) is 0 Å². The minimum absolute atomic E-state index is 0.599. The molecule has 4 heteroatoms. The molecule has 0 atom stereocenters. The maximum Gasteiger partial charge on any atom is 0.161 e. The van der Waals surface area contributed by atoms with E-state index in [4.69, 9.17) is 9.47 Å². The number of ether oxygens (including phenoxy) is 2. The third-order valence-electron chi connectivity index (χ3n) is 3.69. The standard InChI is InChI=1S/C16H23NO3/c1-19-16-12-14(13-18)6-7-15(16)20-11-10-17-8-4-2-3-5-9-17/h6-7,12-13H,2-5,8-11H2,1H3. The molecule has 0 unspecified atom stereocenters. The fourth-order valence-electron chi connectivity index (χ4n) is 2.52. The quantitative estimate of drug-likeness (QED) is 0.749.